The molecule has 1 aliphatic heterocycles. The van der Waals surface area contributed by atoms with Gasteiger partial charge in [0.2, 0.25) is 0 Å². The van der Waals surface area contributed by atoms with Crippen LogP contribution in [0.4, 0.5) is 11.4 Å². The molecule has 0 saturated carbocycles. The fourth-order valence-corrected chi connectivity index (χ4v) is 2.88. The third-order valence-corrected chi connectivity index (χ3v) is 3.82. The van der Waals surface area contributed by atoms with Gasteiger partial charge < -0.3 is 15.0 Å². The fraction of sp³-hybridized carbons (Fsp3) is 0.600. The average Bonchev–Trinajstić information content (AvgIpc) is 2.48. The number of benzene rings is 1. The predicted molar refractivity (Wildman–Crippen MR) is 83.1 cm³/mol. The van der Waals surface area contributed by atoms with E-state index in [1.54, 1.807) is 12.1 Å². The van der Waals surface area contributed by atoms with Crippen molar-refractivity contribution in [1.82, 2.24) is 5.32 Å². The summed E-state index contributed by atoms with van der Waals surface area (Å²) in [4.78, 5) is 12.9. The largest absolute Gasteiger partial charge is 0.487 e. The maximum Gasteiger partial charge on any atom is 0.311 e. The van der Waals surface area contributed by atoms with E-state index in [-0.39, 0.29) is 5.69 Å². The van der Waals surface area contributed by atoms with Crippen molar-refractivity contribution in [3.63, 3.8) is 0 Å². The molecule has 21 heavy (non-hydrogen) atoms. The SMILES string of the molecule is CCOc1cc(N2CCCC(CNC)C2)ccc1[N+](=O)[O-]. The second kappa shape index (κ2) is 7.26. The maximum atomic E-state index is 11.0. The molecule has 1 heterocycles. The highest BCUT2D eigenvalue weighted by Gasteiger charge is 2.22. The third kappa shape index (κ3) is 3.85. The van der Waals surface area contributed by atoms with E-state index in [0.717, 1.165) is 31.7 Å². The van der Waals surface area contributed by atoms with Gasteiger partial charge in [-0.15, -0.1) is 0 Å². The van der Waals surface area contributed by atoms with Crippen molar-refractivity contribution in [2.75, 3.05) is 38.2 Å². The molecule has 6 nitrogen and oxygen atoms in total. The van der Waals surface area contributed by atoms with Crippen molar-refractivity contribution >= 4 is 11.4 Å². The minimum Gasteiger partial charge on any atom is -0.487 e. The van der Waals surface area contributed by atoms with Crippen LogP contribution in [0.25, 0.3) is 0 Å². The lowest BCUT2D eigenvalue weighted by atomic mass is 9.97. The Hall–Kier alpha value is -1.82. The number of nitrogens with zero attached hydrogens (tertiary/aromatic N) is 2. The zero-order chi connectivity index (χ0) is 15.2. The van der Waals surface area contributed by atoms with Crippen LogP contribution in [0.15, 0.2) is 18.2 Å². The minimum absolute atomic E-state index is 0.0318. The average molecular weight is 293 g/mol. The van der Waals surface area contributed by atoms with Crippen LogP contribution in [0.1, 0.15) is 19.8 Å². The molecule has 1 aliphatic rings. The van der Waals surface area contributed by atoms with Gasteiger partial charge in [0.1, 0.15) is 0 Å². The molecule has 0 spiro atoms. The Morgan fingerprint density at radius 1 is 1.52 bits per heavy atom. The van der Waals surface area contributed by atoms with Crippen LogP contribution < -0.4 is 15.0 Å². The quantitative estimate of drug-likeness (QED) is 0.644. The number of hydrogen-bond acceptors (Lipinski definition) is 5. The standard InChI is InChI=1S/C15H23N3O3/c1-3-21-15-9-13(6-7-14(15)18(19)20)17-8-4-5-12(11-17)10-16-2/h6-7,9,12,16H,3-5,8,10-11H2,1-2H3. The number of nitro benzene ring substituents is 1. The Labute approximate surface area is 125 Å². The van der Waals surface area contributed by atoms with E-state index in [1.165, 1.54) is 6.42 Å². The van der Waals surface area contributed by atoms with Crippen molar-refractivity contribution in [3.8, 4) is 5.75 Å². The monoisotopic (exact) mass is 293 g/mol. The van der Waals surface area contributed by atoms with Gasteiger partial charge in [-0.25, -0.2) is 0 Å². The summed E-state index contributed by atoms with van der Waals surface area (Å²) >= 11 is 0. The van der Waals surface area contributed by atoms with Gasteiger partial charge in [0.25, 0.3) is 0 Å². The number of anilines is 1. The summed E-state index contributed by atoms with van der Waals surface area (Å²) in [5.74, 6) is 0.977. The Morgan fingerprint density at radius 2 is 2.33 bits per heavy atom. The third-order valence-electron chi connectivity index (χ3n) is 3.82. The minimum atomic E-state index is -0.394. The summed E-state index contributed by atoms with van der Waals surface area (Å²) in [6, 6.07) is 5.16. The van der Waals surface area contributed by atoms with Crippen molar-refractivity contribution in [2.24, 2.45) is 5.92 Å². The number of nitro groups is 1. The lowest BCUT2D eigenvalue weighted by Crippen LogP contribution is -2.39. The van der Waals surface area contributed by atoms with Gasteiger partial charge in [-0.3, -0.25) is 10.1 Å². The van der Waals surface area contributed by atoms with E-state index in [2.05, 4.69) is 10.2 Å². The zero-order valence-corrected chi connectivity index (χ0v) is 12.7. The Morgan fingerprint density at radius 3 is 3.00 bits per heavy atom. The highest BCUT2D eigenvalue weighted by atomic mass is 16.6. The molecule has 1 saturated heterocycles. The summed E-state index contributed by atoms with van der Waals surface area (Å²) in [5, 5.41) is 14.2. The summed E-state index contributed by atoms with van der Waals surface area (Å²) in [6.45, 7) is 5.22. The van der Waals surface area contributed by atoms with Crippen LogP contribution in [0, 0.1) is 16.0 Å². The molecule has 0 aliphatic carbocycles. The van der Waals surface area contributed by atoms with Gasteiger partial charge >= 0.3 is 5.69 Å². The maximum absolute atomic E-state index is 11.0. The molecule has 6 heteroatoms. The lowest BCUT2D eigenvalue weighted by Gasteiger charge is -2.34. The molecule has 1 aromatic carbocycles. The predicted octanol–water partition coefficient (Wildman–Crippen LogP) is 2.43. The highest BCUT2D eigenvalue weighted by Crippen LogP contribution is 2.33. The van der Waals surface area contributed by atoms with Crippen LogP contribution in [0.5, 0.6) is 5.75 Å². The number of rotatable bonds is 6. The molecule has 116 valence electrons. The van der Waals surface area contributed by atoms with Gasteiger partial charge in [-0.2, -0.15) is 0 Å². The molecular weight excluding hydrogens is 270 g/mol. The Bertz CT molecular complexity index is 491. The highest BCUT2D eigenvalue weighted by molar-refractivity contribution is 5.59. The first-order valence-corrected chi connectivity index (χ1v) is 7.46. The van der Waals surface area contributed by atoms with E-state index in [0.29, 0.717) is 18.3 Å². The van der Waals surface area contributed by atoms with Crippen molar-refractivity contribution in [2.45, 2.75) is 19.8 Å². The van der Waals surface area contributed by atoms with Gasteiger partial charge in [-0.05, 0) is 45.3 Å². The molecule has 1 unspecified atom stereocenters. The van der Waals surface area contributed by atoms with Gasteiger partial charge in [0, 0.05) is 30.9 Å². The number of nitrogens with one attached hydrogen (secondary N) is 1. The lowest BCUT2D eigenvalue weighted by molar-refractivity contribution is -0.385. The smallest absolute Gasteiger partial charge is 0.311 e. The molecule has 0 amide bonds. The van der Waals surface area contributed by atoms with E-state index < -0.39 is 4.92 Å². The van der Waals surface area contributed by atoms with Crippen LogP contribution in [-0.2, 0) is 0 Å². The van der Waals surface area contributed by atoms with Crippen molar-refractivity contribution < 1.29 is 9.66 Å². The molecule has 0 aromatic heterocycles. The van der Waals surface area contributed by atoms with E-state index in [1.807, 2.05) is 20.0 Å². The zero-order valence-electron chi connectivity index (χ0n) is 12.7. The Balaban J connectivity index is 2.19. The molecular formula is C15H23N3O3. The van der Waals surface area contributed by atoms with Crippen LogP contribution >= 0.6 is 0 Å². The molecule has 1 atom stereocenters. The summed E-state index contributed by atoms with van der Waals surface area (Å²) in [6.07, 6.45) is 2.37. The molecule has 1 aromatic rings. The van der Waals surface area contributed by atoms with E-state index >= 15 is 0 Å². The first-order chi connectivity index (χ1) is 10.2. The van der Waals surface area contributed by atoms with Gasteiger partial charge in [-0.1, -0.05) is 0 Å². The molecule has 1 N–H and O–H groups in total. The normalized spacial score (nSPS) is 18.6. The van der Waals surface area contributed by atoms with Crippen molar-refractivity contribution in [3.05, 3.63) is 28.3 Å². The van der Waals surface area contributed by atoms with E-state index in [4.69, 9.17) is 4.74 Å². The van der Waals surface area contributed by atoms with Crippen LogP contribution in [-0.4, -0.2) is 38.2 Å². The van der Waals surface area contributed by atoms with Crippen molar-refractivity contribution in [1.29, 1.82) is 0 Å². The van der Waals surface area contributed by atoms with Crippen LogP contribution in [0.2, 0.25) is 0 Å². The molecule has 0 bridgehead atoms. The van der Waals surface area contributed by atoms with Gasteiger partial charge in [0.05, 0.1) is 11.5 Å². The van der Waals surface area contributed by atoms with Crippen LogP contribution in [0.3, 0.4) is 0 Å². The summed E-state index contributed by atoms with van der Waals surface area (Å²) < 4.78 is 5.42. The second-order valence-electron chi connectivity index (χ2n) is 5.35. The number of piperidine rings is 1. The van der Waals surface area contributed by atoms with E-state index in [9.17, 15) is 10.1 Å². The summed E-state index contributed by atoms with van der Waals surface area (Å²) in [7, 11) is 1.97. The fourth-order valence-electron chi connectivity index (χ4n) is 2.88. The summed E-state index contributed by atoms with van der Waals surface area (Å²) in [5.41, 5.74) is 1.04. The molecule has 1 fully saturated rings. The molecule has 0 radical (unpaired) electrons. The van der Waals surface area contributed by atoms with Gasteiger partial charge in [0.15, 0.2) is 5.75 Å². The topological polar surface area (TPSA) is 67.6 Å². The Kier molecular flexibility index (Phi) is 5.38. The number of ether oxygens (including phenoxy) is 1. The first kappa shape index (κ1) is 15.6. The second-order valence-corrected chi connectivity index (χ2v) is 5.35. The molecule has 2 rings (SSSR count). The number of hydrogen-bond donors (Lipinski definition) is 1. The first-order valence-electron chi connectivity index (χ1n) is 7.46.